The molecule has 6 nitrogen and oxygen atoms in total. The number of carbonyl (C=O) groups excluding carboxylic acids is 1. The van der Waals surface area contributed by atoms with Crippen molar-refractivity contribution in [1.82, 2.24) is 15.5 Å². The fourth-order valence-corrected chi connectivity index (χ4v) is 3.84. The van der Waals surface area contributed by atoms with Gasteiger partial charge in [-0.2, -0.15) is 0 Å². The van der Waals surface area contributed by atoms with E-state index in [1.54, 1.807) is 19.1 Å². The van der Waals surface area contributed by atoms with Gasteiger partial charge in [-0.1, -0.05) is 12.8 Å². The normalized spacial score (nSPS) is 24.8. The van der Waals surface area contributed by atoms with Gasteiger partial charge < -0.3 is 25.1 Å². The highest BCUT2D eigenvalue weighted by atomic mass is 16.4. The molecule has 1 saturated heterocycles. The van der Waals surface area contributed by atoms with Crippen molar-refractivity contribution in [2.45, 2.75) is 50.7 Å². The van der Waals surface area contributed by atoms with Crippen LogP contribution in [0.4, 0.5) is 4.79 Å². The van der Waals surface area contributed by atoms with Gasteiger partial charge in [0.2, 0.25) is 0 Å². The van der Waals surface area contributed by atoms with Crippen LogP contribution in [-0.4, -0.2) is 48.3 Å². The largest absolute Gasteiger partial charge is 0.466 e. The van der Waals surface area contributed by atoms with Crippen LogP contribution in [0.15, 0.2) is 22.8 Å². The molecule has 1 aliphatic carbocycles. The summed E-state index contributed by atoms with van der Waals surface area (Å²) in [5.74, 6) is 1.30. The molecule has 1 aromatic heterocycles. The number of hydrogen-bond acceptors (Lipinski definition) is 4. The molecule has 3 rings (SSSR count). The zero-order valence-corrected chi connectivity index (χ0v) is 14.5. The van der Waals surface area contributed by atoms with E-state index in [4.69, 9.17) is 4.42 Å². The van der Waals surface area contributed by atoms with Gasteiger partial charge in [-0.3, -0.25) is 0 Å². The van der Waals surface area contributed by atoms with Crippen LogP contribution in [0.5, 0.6) is 0 Å². The second-order valence-electron chi connectivity index (χ2n) is 7.47. The topological polar surface area (TPSA) is 77.7 Å². The summed E-state index contributed by atoms with van der Waals surface area (Å²) in [6.07, 6.45) is 7.97. The Hall–Kier alpha value is -1.53. The molecule has 1 aromatic rings. The quantitative estimate of drug-likeness (QED) is 0.743. The third kappa shape index (κ3) is 4.51. The van der Waals surface area contributed by atoms with Crippen molar-refractivity contribution in [2.24, 2.45) is 5.92 Å². The lowest BCUT2D eigenvalue weighted by Gasteiger charge is -2.23. The number of amides is 2. The van der Waals surface area contributed by atoms with Gasteiger partial charge >= 0.3 is 6.03 Å². The van der Waals surface area contributed by atoms with E-state index in [-0.39, 0.29) is 18.6 Å². The molecule has 0 bridgehead atoms. The first kappa shape index (κ1) is 17.3. The van der Waals surface area contributed by atoms with Gasteiger partial charge in [-0.25, -0.2) is 4.79 Å². The number of furan rings is 1. The van der Waals surface area contributed by atoms with Crippen LogP contribution in [0.2, 0.25) is 0 Å². The maximum Gasteiger partial charge on any atom is 0.315 e. The molecule has 1 aliphatic heterocycles. The first-order valence-corrected chi connectivity index (χ1v) is 9.06. The summed E-state index contributed by atoms with van der Waals surface area (Å²) in [6, 6.07) is 3.40. The van der Waals surface area contributed by atoms with Gasteiger partial charge in [0.15, 0.2) is 0 Å². The molecular formula is C18H29N3O3. The molecule has 2 amide bonds. The lowest BCUT2D eigenvalue weighted by atomic mass is 10.0. The van der Waals surface area contributed by atoms with Crippen molar-refractivity contribution < 1.29 is 14.3 Å². The molecule has 1 saturated carbocycles. The van der Waals surface area contributed by atoms with E-state index in [2.05, 4.69) is 15.5 Å². The third-order valence-electron chi connectivity index (χ3n) is 5.24. The van der Waals surface area contributed by atoms with Crippen LogP contribution in [0, 0.1) is 5.92 Å². The van der Waals surface area contributed by atoms with Gasteiger partial charge in [0.05, 0.1) is 12.8 Å². The van der Waals surface area contributed by atoms with E-state index in [1.807, 2.05) is 0 Å². The zero-order chi connectivity index (χ0) is 17.0. The average Bonchev–Trinajstić information content (AvgIpc) is 3.28. The summed E-state index contributed by atoms with van der Waals surface area (Å²) in [4.78, 5) is 14.6. The summed E-state index contributed by atoms with van der Waals surface area (Å²) in [6.45, 7) is 4.91. The van der Waals surface area contributed by atoms with Gasteiger partial charge in [0.1, 0.15) is 11.4 Å². The van der Waals surface area contributed by atoms with E-state index in [0.717, 1.165) is 25.4 Å². The summed E-state index contributed by atoms with van der Waals surface area (Å²) >= 11 is 0. The fraction of sp³-hybridized carbons (Fsp3) is 0.722. The Morgan fingerprint density at radius 3 is 2.92 bits per heavy atom. The second kappa shape index (κ2) is 7.57. The molecular weight excluding hydrogens is 306 g/mol. The van der Waals surface area contributed by atoms with Crippen molar-refractivity contribution in [2.75, 3.05) is 26.2 Å². The van der Waals surface area contributed by atoms with Gasteiger partial charge in [-0.15, -0.1) is 0 Å². The Balaban J connectivity index is 1.38. The van der Waals surface area contributed by atoms with E-state index >= 15 is 0 Å². The first-order valence-electron chi connectivity index (χ1n) is 9.06. The maximum atomic E-state index is 12.1. The average molecular weight is 335 g/mol. The van der Waals surface area contributed by atoms with Gasteiger partial charge in [-0.05, 0) is 44.2 Å². The van der Waals surface area contributed by atoms with Crippen LogP contribution in [0.25, 0.3) is 0 Å². The smallest absolute Gasteiger partial charge is 0.315 e. The fourth-order valence-electron chi connectivity index (χ4n) is 3.84. The molecule has 2 heterocycles. The molecule has 6 heteroatoms. The number of carbonyl (C=O) groups is 1. The molecule has 0 spiro atoms. The number of rotatable bonds is 6. The van der Waals surface area contributed by atoms with E-state index in [1.165, 1.54) is 38.5 Å². The summed E-state index contributed by atoms with van der Waals surface area (Å²) in [5, 5.41) is 16.1. The number of nitrogens with one attached hydrogen (secondary N) is 2. The number of hydrogen-bond donors (Lipinski definition) is 3. The number of likely N-dealkylation sites (tertiary alicyclic amines) is 1. The lowest BCUT2D eigenvalue weighted by molar-refractivity contribution is 0.0366. The highest BCUT2D eigenvalue weighted by molar-refractivity contribution is 5.74. The standard InChI is InChI=1S/C18H29N3O3/c1-18(23,16-7-4-10-24-16)13-19-17(22)20-15-8-9-21(12-15)11-14-5-2-3-6-14/h4,7,10,14-15,23H,2-3,5-6,8-9,11-13H2,1H3,(H2,19,20,22)/t15-,18+/m1/s1. The minimum absolute atomic E-state index is 0.116. The third-order valence-corrected chi connectivity index (χ3v) is 5.24. The molecule has 2 atom stereocenters. The van der Waals surface area contributed by atoms with Crippen molar-refractivity contribution in [3.8, 4) is 0 Å². The second-order valence-corrected chi connectivity index (χ2v) is 7.47. The van der Waals surface area contributed by atoms with Crippen molar-refractivity contribution in [1.29, 1.82) is 0 Å². The summed E-state index contributed by atoms with van der Waals surface area (Å²) < 4.78 is 5.21. The van der Waals surface area contributed by atoms with E-state index < -0.39 is 5.60 Å². The zero-order valence-electron chi connectivity index (χ0n) is 14.5. The van der Waals surface area contributed by atoms with Crippen LogP contribution in [0.3, 0.4) is 0 Å². The lowest BCUT2D eigenvalue weighted by Crippen LogP contribution is -2.47. The molecule has 0 radical (unpaired) electrons. The van der Waals surface area contributed by atoms with Crippen molar-refractivity contribution in [3.63, 3.8) is 0 Å². The van der Waals surface area contributed by atoms with E-state index in [9.17, 15) is 9.90 Å². The van der Waals surface area contributed by atoms with Crippen molar-refractivity contribution >= 4 is 6.03 Å². The molecule has 3 N–H and O–H groups in total. The van der Waals surface area contributed by atoms with Crippen LogP contribution < -0.4 is 10.6 Å². The predicted octanol–water partition coefficient (Wildman–Crippen LogP) is 2.05. The minimum atomic E-state index is -1.20. The molecule has 2 aliphatic rings. The first-order chi connectivity index (χ1) is 11.5. The monoisotopic (exact) mass is 335 g/mol. The summed E-state index contributed by atoms with van der Waals surface area (Å²) in [5.41, 5.74) is -1.20. The molecule has 0 aromatic carbocycles. The van der Waals surface area contributed by atoms with Crippen molar-refractivity contribution in [3.05, 3.63) is 24.2 Å². The highest BCUT2D eigenvalue weighted by Crippen LogP contribution is 2.26. The molecule has 0 unspecified atom stereocenters. The van der Waals surface area contributed by atoms with E-state index in [0.29, 0.717) is 5.76 Å². The van der Waals surface area contributed by atoms with Crippen LogP contribution >= 0.6 is 0 Å². The van der Waals surface area contributed by atoms with Gasteiger partial charge in [0.25, 0.3) is 0 Å². The molecule has 134 valence electrons. The summed E-state index contributed by atoms with van der Waals surface area (Å²) in [7, 11) is 0. The molecule has 2 fully saturated rings. The van der Waals surface area contributed by atoms with Gasteiger partial charge in [0, 0.05) is 25.7 Å². The predicted molar refractivity (Wildman–Crippen MR) is 91.6 cm³/mol. The Morgan fingerprint density at radius 2 is 2.21 bits per heavy atom. The number of aliphatic hydroxyl groups is 1. The number of urea groups is 1. The maximum absolute atomic E-state index is 12.1. The number of nitrogens with zero attached hydrogens (tertiary/aromatic N) is 1. The Bertz CT molecular complexity index is 524. The Morgan fingerprint density at radius 1 is 1.42 bits per heavy atom. The minimum Gasteiger partial charge on any atom is -0.466 e. The molecule has 24 heavy (non-hydrogen) atoms. The Kier molecular flexibility index (Phi) is 5.46. The van der Waals surface area contributed by atoms with Crippen LogP contribution in [0.1, 0.15) is 44.8 Å². The van der Waals surface area contributed by atoms with Crippen LogP contribution in [-0.2, 0) is 5.60 Å². The highest BCUT2D eigenvalue weighted by Gasteiger charge is 2.29. The SMILES string of the molecule is C[C@](O)(CNC(=O)N[C@@H]1CCN(CC2CCCC2)C1)c1ccco1. The Labute approximate surface area is 143 Å².